The SMILES string of the molecule is CC[C@@]1(O)C(=O)OCc2c1cc1n(c2=O)Cc2c-1nc1cc(F)c(C)c3c1c2C(N)(COCCO)CC3. The maximum atomic E-state index is 15.0. The average Bonchev–Trinajstić information content (AvgIpc) is 3.24. The quantitative estimate of drug-likeness (QED) is 0.273. The summed E-state index contributed by atoms with van der Waals surface area (Å²) in [5, 5.41) is 21.2. The van der Waals surface area contributed by atoms with Crippen molar-refractivity contribution in [3.8, 4) is 11.4 Å². The number of carbonyl (C=O) groups is 1. The van der Waals surface area contributed by atoms with Crippen LogP contribution in [0.1, 0.15) is 53.1 Å². The van der Waals surface area contributed by atoms with E-state index in [9.17, 15) is 24.2 Å². The molecule has 194 valence electrons. The molecule has 0 spiro atoms. The molecule has 0 saturated heterocycles. The lowest BCUT2D eigenvalue weighted by Gasteiger charge is -2.37. The van der Waals surface area contributed by atoms with Crippen molar-refractivity contribution >= 4 is 16.9 Å². The molecule has 1 unspecified atom stereocenters. The molecule has 1 aliphatic carbocycles. The fourth-order valence-electron chi connectivity index (χ4n) is 6.19. The Morgan fingerprint density at radius 1 is 1.27 bits per heavy atom. The summed E-state index contributed by atoms with van der Waals surface area (Å²) >= 11 is 0. The fraction of sp³-hybridized carbons (Fsp3) is 0.444. The van der Waals surface area contributed by atoms with E-state index in [0.29, 0.717) is 35.3 Å². The summed E-state index contributed by atoms with van der Waals surface area (Å²) in [6.07, 6.45) is 1.06. The van der Waals surface area contributed by atoms with E-state index in [4.69, 9.17) is 20.2 Å². The number of aromatic nitrogens is 2. The third kappa shape index (κ3) is 3.19. The number of aliphatic hydroxyl groups excluding tert-OH is 1. The maximum absolute atomic E-state index is 15.0. The normalized spacial score (nSPS) is 23.6. The zero-order chi connectivity index (χ0) is 26.3. The number of benzene rings is 1. The first-order valence-corrected chi connectivity index (χ1v) is 12.4. The number of cyclic esters (lactones) is 1. The van der Waals surface area contributed by atoms with Crippen molar-refractivity contribution < 1.29 is 28.9 Å². The summed E-state index contributed by atoms with van der Waals surface area (Å²) in [5.41, 5.74) is 8.36. The number of nitrogens with zero attached hydrogens (tertiary/aromatic N) is 2. The van der Waals surface area contributed by atoms with Gasteiger partial charge in [-0.2, -0.15) is 0 Å². The van der Waals surface area contributed by atoms with E-state index in [2.05, 4.69) is 0 Å². The number of carbonyl (C=O) groups excluding carboxylic acids is 1. The van der Waals surface area contributed by atoms with Crippen LogP contribution in [0.25, 0.3) is 22.3 Å². The molecule has 10 heteroatoms. The first-order valence-electron chi connectivity index (χ1n) is 12.4. The molecule has 4 N–H and O–H groups in total. The molecule has 0 saturated carbocycles. The molecule has 3 aliphatic rings. The Kier molecular flexibility index (Phi) is 5.33. The molecule has 0 bridgehead atoms. The van der Waals surface area contributed by atoms with E-state index in [1.807, 2.05) is 0 Å². The number of rotatable bonds is 5. The summed E-state index contributed by atoms with van der Waals surface area (Å²) in [5.74, 6) is -1.17. The Morgan fingerprint density at radius 2 is 2.05 bits per heavy atom. The van der Waals surface area contributed by atoms with Crippen molar-refractivity contribution in [1.29, 1.82) is 0 Å². The van der Waals surface area contributed by atoms with E-state index in [1.165, 1.54) is 6.07 Å². The summed E-state index contributed by atoms with van der Waals surface area (Å²) in [6.45, 7) is 3.46. The first-order chi connectivity index (χ1) is 17.6. The van der Waals surface area contributed by atoms with Crippen molar-refractivity contribution in [2.45, 2.75) is 57.4 Å². The van der Waals surface area contributed by atoms with Crippen molar-refractivity contribution in [3.05, 3.63) is 61.7 Å². The van der Waals surface area contributed by atoms with Crippen LogP contribution in [0.15, 0.2) is 16.9 Å². The predicted molar refractivity (Wildman–Crippen MR) is 131 cm³/mol. The molecule has 0 amide bonds. The van der Waals surface area contributed by atoms with Crippen LogP contribution in [0, 0.1) is 12.7 Å². The summed E-state index contributed by atoms with van der Waals surface area (Å²) in [4.78, 5) is 30.9. The highest BCUT2D eigenvalue weighted by Crippen LogP contribution is 2.47. The van der Waals surface area contributed by atoms with Gasteiger partial charge in [0.05, 0.1) is 54.4 Å². The molecule has 37 heavy (non-hydrogen) atoms. The van der Waals surface area contributed by atoms with Gasteiger partial charge in [-0.25, -0.2) is 14.2 Å². The number of pyridine rings is 2. The number of aliphatic hydroxyl groups is 2. The number of ether oxygens (including phenoxy) is 2. The van der Waals surface area contributed by atoms with Gasteiger partial charge in [-0.15, -0.1) is 0 Å². The van der Waals surface area contributed by atoms with E-state index < -0.39 is 17.1 Å². The van der Waals surface area contributed by atoms with Crippen LogP contribution in [-0.2, 0) is 45.0 Å². The lowest BCUT2D eigenvalue weighted by molar-refractivity contribution is -0.172. The molecule has 0 radical (unpaired) electrons. The lowest BCUT2D eigenvalue weighted by Crippen LogP contribution is -2.45. The van der Waals surface area contributed by atoms with Gasteiger partial charge in [0, 0.05) is 22.6 Å². The van der Waals surface area contributed by atoms with Gasteiger partial charge < -0.3 is 30.0 Å². The minimum atomic E-state index is -1.94. The number of hydrogen-bond donors (Lipinski definition) is 3. The number of aryl methyl sites for hydroxylation is 1. The van der Waals surface area contributed by atoms with E-state index in [-0.39, 0.29) is 61.9 Å². The third-order valence-electron chi connectivity index (χ3n) is 8.22. The van der Waals surface area contributed by atoms with Crippen LogP contribution in [0.5, 0.6) is 0 Å². The molecule has 4 heterocycles. The Labute approximate surface area is 211 Å². The number of hydrogen-bond acceptors (Lipinski definition) is 8. The number of esters is 1. The highest BCUT2D eigenvalue weighted by molar-refractivity contribution is 5.93. The van der Waals surface area contributed by atoms with Gasteiger partial charge in [-0.1, -0.05) is 6.92 Å². The maximum Gasteiger partial charge on any atom is 0.343 e. The molecule has 0 fully saturated rings. The van der Waals surface area contributed by atoms with Gasteiger partial charge in [0.15, 0.2) is 5.60 Å². The number of nitrogens with two attached hydrogens (primary N) is 1. The highest BCUT2D eigenvalue weighted by atomic mass is 19.1. The molecule has 1 aromatic carbocycles. The smallest absolute Gasteiger partial charge is 0.343 e. The minimum Gasteiger partial charge on any atom is -0.458 e. The van der Waals surface area contributed by atoms with Crippen molar-refractivity contribution in [2.75, 3.05) is 19.8 Å². The van der Waals surface area contributed by atoms with Crippen molar-refractivity contribution in [3.63, 3.8) is 0 Å². The average molecular weight is 510 g/mol. The standard InChI is InChI=1S/C27H28FN3O6/c1-3-27(35)17-8-20-23-15(10-31(20)24(33)16(17)11-37-25(27)34)22-21-14(13(2)18(28)9-19(21)30-23)4-5-26(22,29)12-36-7-6-32/h8-9,32,35H,3-7,10-12,29H2,1-2H3/t26?,27-/m0/s1. The molecular weight excluding hydrogens is 481 g/mol. The van der Waals surface area contributed by atoms with Crippen molar-refractivity contribution in [1.82, 2.24) is 9.55 Å². The van der Waals surface area contributed by atoms with Crippen LogP contribution in [0.2, 0.25) is 0 Å². The number of halogens is 1. The topological polar surface area (TPSA) is 137 Å². The Balaban J connectivity index is 1.66. The summed E-state index contributed by atoms with van der Waals surface area (Å²) < 4.78 is 27.4. The second-order valence-corrected chi connectivity index (χ2v) is 10.2. The first kappa shape index (κ1) is 24.2. The second kappa shape index (κ2) is 8.16. The fourth-order valence-corrected chi connectivity index (χ4v) is 6.19. The summed E-state index contributed by atoms with van der Waals surface area (Å²) in [6, 6.07) is 3.02. The van der Waals surface area contributed by atoms with Gasteiger partial charge >= 0.3 is 5.97 Å². The van der Waals surface area contributed by atoms with Crippen LogP contribution >= 0.6 is 0 Å². The van der Waals surface area contributed by atoms with Gasteiger partial charge in [0.2, 0.25) is 0 Å². The van der Waals surface area contributed by atoms with Crippen LogP contribution in [-0.4, -0.2) is 45.6 Å². The van der Waals surface area contributed by atoms with Crippen molar-refractivity contribution in [2.24, 2.45) is 5.73 Å². The minimum absolute atomic E-state index is 0.0347. The van der Waals surface area contributed by atoms with E-state index in [1.54, 1.807) is 24.5 Å². The van der Waals surface area contributed by atoms with Gasteiger partial charge in [-0.05, 0) is 48.9 Å². The monoisotopic (exact) mass is 509 g/mol. The predicted octanol–water partition coefficient (Wildman–Crippen LogP) is 1.64. The van der Waals surface area contributed by atoms with Crippen LogP contribution in [0.3, 0.4) is 0 Å². The van der Waals surface area contributed by atoms with Gasteiger partial charge in [-0.3, -0.25) is 4.79 Å². The Hall–Kier alpha value is -3.18. The molecule has 9 nitrogen and oxygen atoms in total. The van der Waals surface area contributed by atoms with Crippen LogP contribution in [0.4, 0.5) is 4.39 Å². The second-order valence-electron chi connectivity index (χ2n) is 10.2. The molecule has 3 aromatic rings. The zero-order valence-corrected chi connectivity index (χ0v) is 20.7. The Bertz CT molecular complexity index is 1570. The van der Waals surface area contributed by atoms with E-state index >= 15 is 0 Å². The molecule has 2 aromatic heterocycles. The Morgan fingerprint density at radius 3 is 2.78 bits per heavy atom. The highest BCUT2D eigenvalue weighted by Gasteiger charge is 2.46. The molecule has 6 rings (SSSR count). The largest absolute Gasteiger partial charge is 0.458 e. The zero-order valence-electron chi connectivity index (χ0n) is 20.7. The molecule has 2 atom stereocenters. The molecule has 2 aliphatic heterocycles. The van der Waals surface area contributed by atoms with Gasteiger partial charge in [0.1, 0.15) is 12.4 Å². The van der Waals surface area contributed by atoms with E-state index in [0.717, 1.165) is 22.1 Å². The number of fused-ring (bicyclic) bond motifs is 5. The summed E-state index contributed by atoms with van der Waals surface area (Å²) in [7, 11) is 0. The van der Waals surface area contributed by atoms with Crippen LogP contribution < -0.4 is 11.3 Å². The third-order valence-corrected chi connectivity index (χ3v) is 8.22. The molecular formula is C27H28FN3O6. The lowest BCUT2D eigenvalue weighted by atomic mass is 9.74. The van der Waals surface area contributed by atoms with Gasteiger partial charge in [0.25, 0.3) is 5.56 Å².